The molecule has 0 aliphatic carbocycles. The molecule has 1 aromatic heterocycles. The van der Waals surface area contributed by atoms with Crippen LogP contribution in [0, 0.1) is 0 Å². The molecule has 0 fully saturated rings. The van der Waals surface area contributed by atoms with E-state index >= 15 is 0 Å². The van der Waals surface area contributed by atoms with Crippen molar-refractivity contribution in [2.75, 3.05) is 0 Å². The summed E-state index contributed by atoms with van der Waals surface area (Å²) in [5, 5.41) is 0. The van der Waals surface area contributed by atoms with E-state index in [0.717, 1.165) is 28.1 Å². The molecule has 0 spiro atoms. The molecule has 0 unspecified atom stereocenters. The highest BCUT2D eigenvalue weighted by atomic mass is 32.2. The van der Waals surface area contributed by atoms with Gasteiger partial charge in [0.05, 0.1) is 16.8 Å². The highest BCUT2D eigenvalue weighted by molar-refractivity contribution is 7.99. The SMILES string of the molecule is c1ccc(-c2cc(-c3ccccc3)nc(-c3cccc(-c4cccc5c4Sc4ccccc4C5(c4ccccc4)c4ccccc4)c3)c2)cc1. The summed E-state index contributed by atoms with van der Waals surface area (Å²) < 4.78 is 0. The lowest BCUT2D eigenvalue weighted by Gasteiger charge is -2.42. The summed E-state index contributed by atoms with van der Waals surface area (Å²) >= 11 is 1.88. The van der Waals surface area contributed by atoms with Gasteiger partial charge in [-0.15, -0.1) is 0 Å². The van der Waals surface area contributed by atoms with E-state index in [4.69, 9.17) is 4.98 Å². The van der Waals surface area contributed by atoms with Crippen molar-refractivity contribution in [3.05, 3.63) is 222 Å². The molecule has 0 N–H and O–H groups in total. The molecule has 1 nitrogen and oxygen atoms in total. The van der Waals surface area contributed by atoms with Crippen LogP contribution in [0.25, 0.3) is 44.8 Å². The maximum absolute atomic E-state index is 5.25. The van der Waals surface area contributed by atoms with Gasteiger partial charge >= 0.3 is 0 Å². The van der Waals surface area contributed by atoms with Gasteiger partial charge in [-0.2, -0.15) is 0 Å². The van der Waals surface area contributed by atoms with E-state index in [-0.39, 0.29) is 0 Å². The highest BCUT2D eigenvalue weighted by Crippen LogP contribution is 2.57. The summed E-state index contributed by atoms with van der Waals surface area (Å²) in [5.41, 5.74) is 13.5. The second-order valence-corrected chi connectivity index (χ2v) is 13.8. The van der Waals surface area contributed by atoms with Gasteiger partial charge in [-0.05, 0) is 68.8 Å². The van der Waals surface area contributed by atoms with E-state index in [1.54, 1.807) is 0 Å². The fraction of sp³-hybridized carbons (Fsp3) is 0.0208. The van der Waals surface area contributed by atoms with Crippen LogP contribution in [0.3, 0.4) is 0 Å². The summed E-state index contributed by atoms with van der Waals surface area (Å²) in [6.07, 6.45) is 0. The molecule has 0 radical (unpaired) electrons. The van der Waals surface area contributed by atoms with E-state index in [1.165, 1.54) is 48.7 Å². The Balaban J connectivity index is 1.25. The van der Waals surface area contributed by atoms with Crippen molar-refractivity contribution in [2.45, 2.75) is 15.2 Å². The average Bonchev–Trinajstić information content (AvgIpc) is 3.21. The maximum Gasteiger partial charge on any atom is 0.0723 e. The van der Waals surface area contributed by atoms with Gasteiger partial charge in [0.1, 0.15) is 0 Å². The highest BCUT2D eigenvalue weighted by Gasteiger charge is 2.44. The van der Waals surface area contributed by atoms with Gasteiger partial charge in [-0.25, -0.2) is 4.98 Å². The Morgan fingerprint density at radius 2 is 0.860 bits per heavy atom. The Labute approximate surface area is 298 Å². The van der Waals surface area contributed by atoms with Crippen molar-refractivity contribution in [3.8, 4) is 44.8 Å². The summed E-state index contributed by atoms with van der Waals surface area (Å²) in [4.78, 5) is 7.81. The van der Waals surface area contributed by atoms with E-state index in [1.807, 2.05) is 11.8 Å². The van der Waals surface area contributed by atoms with Crippen molar-refractivity contribution in [2.24, 2.45) is 0 Å². The number of fused-ring (bicyclic) bond motifs is 2. The Kier molecular flexibility index (Phi) is 7.72. The Morgan fingerprint density at radius 3 is 1.54 bits per heavy atom. The van der Waals surface area contributed by atoms with Gasteiger partial charge in [0.25, 0.3) is 0 Å². The monoisotopic (exact) mass is 655 g/mol. The molecule has 1 aliphatic heterocycles. The minimum Gasteiger partial charge on any atom is -0.248 e. The van der Waals surface area contributed by atoms with Crippen LogP contribution in [0.15, 0.2) is 210 Å². The largest absolute Gasteiger partial charge is 0.248 e. The second-order valence-electron chi connectivity index (χ2n) is 12.7. The maximum atomic E-state index is 5.25. The molecule has 0 atom stereocenters. The third kappa shape index (κ3) is 5.17. The zero-order valence-electron chi connectivity index (χ0n) is 27.4. The third-order valence-corrected chi connectivity index (χ3v) is 11.0. The number of rotatable bonds is 6. The van der Waals surface area contributed by atoms with Crippen molar-refractivity contribution >= 4 is 11.8 Å². The topological polar surface area (TPSA) is 12.9 Å². The molecule has 7 aromatic carbocycles. The van der Waals surface area contributed by atoms with Crippen LogP contribution in [0.1, 0.15) is 22.3 Å². The van der Waals surface area contributed by atoms with Gasteiger partial charge in [0.2, 0.25) is 0 Å². The van der Waals surface area contributed by atoms with Crippen molar-refractivity contribution < 1.29 is 0 Å². The minimum atomic E-state index is -0.469. The quantitative estimate of drug-likeness (QED) is 0.177. The van der Waals surface area contributed by atoms with Crippen molar-refractivity contribution in [1.82, 2.24) is 4.98 Å². The van der Waals surface area contributed by atoms with Gasteiger partial charge in [0.15, 0.2) is 0 Å². The van der Waals surface area contributed by atoms with Gasteiger partial charge < -0.3 is 0 Å². The Hall–Kier alpha value is -5.96. The van der Waals surface area contributed by atoms with Crippen LogP contribution >= 0.6 is 11.8 Å². The molecule has 236 valence electrons. The number of aromatic nitrogens is 1. The predicted octanol–water partition coefficient (Wildman–Crippen LogP) is 12.6. The molecule has 1 aliphatic rings. The molecule has 0 saturated carbocycles. The van der Waals surface area contributed by atoms with E-state index < -0.39 is 5.41 Å². The molecule has 0 saturated heterocycles. The van der Waals surface area contributed by atoms with Crippen LogP contribution in [-0.2, 0) is 5.41 Å². The Morgan fingerprint density at radius 1 is 0.360 bits per heavy atom. The molecule has 0 bridgehead atoms. The van der Waals surface area contributed by atoms with Crippen molar-refractivity contribution in [1.29, 1.82) is 0 Å². The number of pyridine rings is 1. The van der Waals surface area contributed by atoms with Crippen LogP contribution in [0.5, 0.6) is 0 Å². The molecule has 0 amide bonds. The molecule has 2 heteroatoms. The first-order valence-electron chi connectivity index (χ1n) is 17.0. The van der Waals surface area contributed by atoms with E-state index in [9.17, 15) is 0 Å². The number of hydrogen-bond donors (Lipinski definition) is 0. The number of nitrogens with zero attached hydrogens (tertiary/aromatic N) is 1. The number of benzene rings is 7. The normalized spacial score (nSPS) is 12.9. The standard InChI is InChI=1S/C48H33NS/c1-5-17-34(18-6-1)38-32-44(35-19-7-2-8-20-35)49-45(33-38)37-22-15-21-36(31-37)41-27-16-29-43-47(41)50-46-30-14-13-28-42(46)48(43,39-23-9-3-10-24-39)40-25-11-4-12-26-40/h1-33H. The van der Waals surface area contributed by atoms with E-state index in [0.29, 0.717) is 0 Å². The fourth-order valence-corrected chi connectivity index (χ4v) is 8.86. The van der Waals surface area contributed by atoms with E-state index in [2.05, 4.69) is 200 Å². The predicted molar refractivity (Wildman–Crippen MR) is 208 cm³/mol. The Bertz CT molecular complexity index is 2340. The molecule has 8 aromatic rings. The first-order valence-corrected chi connectivity index (χ1v) is 17.9. The zero-order valence-corrected chi connectivity index (χ0v) is 28.2. The third-order valence-electron chi connectivity index (χ3n) is 9.81. The lowest BCUT2D eigenvalue weighted by Crippen LogP contribution is -2.34. The lowest BCUT2D eigenvalue weighted by atomic mass is 9.64. The van der Waals surface area contributed by atoms with Gasteiger partial charge in [-0.1, -0.05) is 188 Å². The molecule has 2 heterocycles. The average molecular weight is 656 g/mol. The molecule has 50 heavy (non-hydrogen) atoms. The van der Waals surface area contributed by atoms with Gasteiger partial charge in [-0.3, -0.25) is 0 Å². The smallest absolute Gasteiger partial charge is 0.0723 e. The van der Waals surface area contributed by atoms with Crippen LogP contribution in [0.4, 0.5) is 0 Å². The van der Waals surface area contributed by atoms with Crippen LogP contribution in [0.2, 0.25) is 0 Å². The zero-order chi connectivity index (χ0) is 33.3. The second kappa shape index (κ2) is 12.8. The molecular formula is C48H33NS. The molecular weight excluding hydrogens is 623 g/mol. The fourth-order valence-electron chi connectivity index (χ4n) is 7.53. The summed E-state index contributed by atoms with van der Waals surface area (Å²) in [6, 6.07) is 72.2. The van der Waals surface area contributed by atoms with Crippen LogP contribution < -0.4 is 0 Å². The lowest BCUT2D eigenvalue weighted by molar-refractivity contribution is 0.703. The van der Waals surface area contributed by atoms with Gasteiger partial charge in [0, 0.05) is 20.9 Å². The number of hydrogen-bond acceptors (Lipinski definition) is 2. The summed E-state index contributed by atoms with van der Waals surface area (Å²) in [7, 11) is 0. The summed E-state index contributed by atoms with van der Waals surface area (Å²) in [5.74, 6) is 0. The minimum absolute atomic E-state index is 0.469. The summed E-state index contributed by atoms with van der Waals surface area (Å²) in [6.45, 7) is 0. The first-order chi connectivity index (χ1) is 24.8. The first kappa shape index (κ1) is 30.1. The van der Waals surface area contributed by atoms with Crippen LogP contribution in [-0.4, -0.2) is 4.98 Å². The molecule has 9 rings (SSSR count). The van der Waals surface area contributed by atoms with Crippen molar-refractivity contribution in [3.63, 3.8) is 0 Å².